The quantitative estimate of drug-likeness (QED) is 0.752. The Hall–Kier alpha value is -1.96. The molecule has 0 saturated heterocycles. The molecule has 0 fully saturated rings. The zero-order valence-corrected chi connectivity index (χ0v) is 11.1. The maximum Gasteiger partial charge on any atom is 0.131 e. The highest BCUT2D eigenvalue weighted by Gasteiger charge is 2.39. The van der Waals surface area contributed by atoms with Crippen LogP contribution in [-0.2, 0) is 0 Å². The Kier molecular flexibility index (Phi) is 2.16. The standard InChI is InChI=1S/C17H16O2/c1-18-16-12-5-3-4-6-13(12)17(19-2)15-11-8-7-10(9-11)14(15)16/h3-8,10-11H,9H2,1-2H3/t10-,11-/m0/s1. The topological polar surface area (TPSA) is 18.5 Å². The van der Waals surface area contributed by atoms with Gasteiger partial charge < -0.3 is 9.47 Å². The van der Waals surface area contributed by atoms with Gasteiger partial charge in [0, 0.05) is 33.7 Å². The Morgan fingerprint density at radius 3 is 1.74 bits per heavy atom. The minimum atomic E-state index is 0.494. The molecule has 2 bridgehead atoms. The normalized spacial score (nSPS) is 22.8. The van der Waals surface area contributed by atoms with Gasteiger partial charge in [-0.1, -0.05) is 36.4 Å². The van der Waals surface area contributed by atoms with Crippen molar-refractivity contribution in [2.45, 2.75) is 18.3 Å². The monoisotopic (exact) mass is 252 g/mol. The smallest absolute Gasteiger partial charge is 0.131 e. The zero-order chi connectivity index (χ0) is 13.0. The fourth-order valence-electron chi connectivity index (χ4n) is 3.72. The van der Waals surface area contributed by atoms with Gasteiger partial charge in [-0.3, -0.25) is 0 Å². The molecule has 0 heterocycles. The SMILES string of the molecule is COc1c2c(c(OC)c3ccccc13)[C@H]1C=C[C@H]2C1. The molecule has 2 aromatic rings. The summed E-state index contributed by atoms with van der Waals surface area (Å²) in [5.41, 5.74) is 2.68. The van der Waals surface area contributed by atoms with E-state index in [2.05, 4.69) is 36.4 Å². The van der Waals surface area contributed by atoms with E-state index < -0.39 is 0 Å². The third-order valence-corrected chi connectivity index (χ3v) is 4.43. The van der Waals surface area contributed by atoms with E-state index >= 15 is 0 Å². The first kappa shape index (κ1) is 10.9. The fourth-order valence-corrected chi connectivity index (χ4v) is 3.72. The van der Waals surface area contributed by atoms with Crippen molar-refractivity contribution in [2.24, 2.45) is 0 Å². The van der Waals surface area contributed by atoms with E-state index in [4.69, 9.17) is 9.47 Å². The molecule has 0 aromatic heterocycles. The molecule has 2 aromatic carbocycles. The number of fused-ring (bicyclic) bond motifs is 6. The van der Waals surface area contributed by atoms with Gasteiger partial charge in [0.2, 0.25) is 0 Å². The molecular formula is C17H16O2. The first-order chi connectivity index (χ1) is 9.35. The van der Waals surface area contributed by atoms with Crippen LogP contribution in [0.2, 0.25) is 0 Å². The van der Waals surface area contributed by atoms with Crippen molar-refractivity contribution in [3.05, 3.63) is 47.5 Å². The largest absolute Gasteiger partial charge is 0.496 e. The highest BCUT2D eigenvalue weighted by atomic mass is 16.5. The van der Waals surface area contributed by atoms with Gasteiger partial charge in [-0.05, 0) is 6.42 Å². The number of methoxy groups -OCH3 is 2. The lowest BCUT2D eigenvalue weighted by atomic mass is 9.91. The summed E-state index contributed by atoms with van der Waals surface area (Å²) in [5.74, 6) is 3.05. The van der Waals surface area contributed by atoms with Crippen molar-refractivity contribution in [2.75, 3.05) is 14.2 Å². The Morgan fingerprint density at radius 1 is 0.842 bits per heavy atom. The maximum atomic E-state index is 5.73. The van der Waals surface area contributed by atoms with Crippen LogP contribution < -0.4 is 9.47 Å². The first-order valence-electron chi connectivity index (χ1n) is 6.70. The number of hydrogen-bond acceptors (Lipinski definition) is 2. The molecule has 2 aliphatic carbocycles. The highest BCUT2D eigenvalue weighted by molar-refractivity contribution is 5.97. The van der Waals surface area contributed by atoms with Crippen molar-refractivity contribution >= 4 is 10.8 Å². The number of ether oxygens (including phenoxy) is 2. The van der Waals surface area contributed by atoms with Gasteiger partial charge in [0.1, 0.15) is 11.5 Å². The van der Waals surface area contributed by atoms with Gasteiger partial charge in [0.25, 0.3) is 0 Å². The number of allylic oxidation sites excluding steroid dienone is 2. The van der Waals surface area contributed by atoms with Crippen molar-refractivity contribution < 1.29 is 9.47 Å². The van der Waals surface area contributed by atoms with Gasteiger partial charge in [-0.25, -0.2) is 0 Å². The minimum Gasteiger partial charge on any atom is -0.496 e. The Bertz CT molecular complexity index is 641. The van der Waals surface area contributed by atoms with Gasteiger partial charge in [-0.2, -0.15) is 0 Å². The van der Waals surface area contributed by atoms with Crippen LogP contribution in [0.1, 0.15) is 29.4 Å². The van der Waals surface area contributed by atoms with Crippen LogP contribution in [0.25, 0.3) is 10.8 Å². The summed E-state index contributed by atoms with van der Waals surface area (Å²) in [4.78, 5) is 0. The predicted octanol–water partition coefficient (Wildman–Crippen LogP) is 4.00. The van der Waals surface area contributed by atoms with Crippen LogP contribution in [0.5, 0.6) is 11.5 Å². The number of rotatable bonds is 2. The van der Waals surface area contributed by atoms with Crippen LogP contribution in [0, 0.1) is 0 Å². The molecule has 0 spiro atoms. The Balaban J connectivity index is 2.18. The Labute approximate surface area is 112 Å². The lowest BCUT2D eigenvalue weighted by molar-refractivity contribution is 0.404. The van der Waals surface area contributed by atoms with Crippen LogP contribution in [0.15, 0.2) is 36.4 Å². The van der Waals surface area contributed by atoms with Gasteiger partial charge in [0.05, 0.1) is 14.2 Å². The molecule has 2 aliphatic rings. The van der Waals surface area contributed by atoms with Crippen LogP contribution in [-0.4, -0.2) is 14.2 Å². The van der Waals surface area contributed by atoms with Crippen molar-refractivity contribution in [3.8, 4) is 11.5 Å². The molecule has 0 N–H and O–H groups in total. The van der Waals surface area contributed by atoms with E-state index in [9.17, 15) is 0 Å². The highest BCUT2D eigenvalue weighted by Crippen LogP contribution is 2.57. The van der Waals surface area contributed by atoms with Crippen molar-refractivity contribution in [1.82, 2.24) is 0 Å². The second kappa shape index (κ2) is 3.77. The summed E-state index contributed by atoms with van der Waals surface area (Å²) in [7, 11) is 3.54. The molecule has 2 heteroatoms. The summed E-state index contributed by atoms with van der Waals surface area (Å²) in [5, 5.41) is 2.31. The van der Waals surface area contributed by atoms with E-state index in [1.165, 1.54) is 17.5 Å². The molecule has 2 atom stereocenters. The lowest BCUT2D eigenvalue weighted by Gasteiger charge is -2.21. The summed E-state index contributed by atoms with van der Waals surface area (Å²) in [6, 6.07) is 8.35. The summed E-state index contributed by atoms with van der Waals surface area (Å²) in [6.07, 6.45) is 5.78. The van der Waals surface area contributed by atoms with Crippen molar-refractivity contribution in [3.63, 3.8) is 0 Å². The zero-order valence-electron chi connectivity index (χ0n) is 11.1. The minimum absolute atomic E-state index is 0.494. The molecule has 19 heavy (non-hydrogen) atoms. The van der Waals surface area contributed by atoms with E-state index in [0.717, 1.165) is 22.3 Å². The predicted molar refractivity (Wildman–Crippen MR) is 76.3 cm³/mol. The summed E-state index contributed by atoms with van der Waals surface area (Å²) in [6.45, 7) is 0. The van der Waals surface area contributed by atoms with Gasteiger partial charge >= 0.3 is 0 Å². The third-order valence-electron chi connectivity index (χ3n) is 4.43. The molecule has 96 valence electrons. The molecule has 0 amide bonds. The maximum absolute atomic E-state index is 5.73. The van der Waals surface area contributed by atoms with Crippen LogP contribution in [0.3, 0.4) is 0 Å². The van der Waals surface area contributed by atoms with Crippen molar-refractivity contribution in [1.29, 1.82) is 0 Å². The van der Waals surface area contributed by atoms with E-state index in [1.807, 2.05) is 0 Å². The van der Waals surface area contributed by atoms with E-state index in [1.54, 1.807) is 14.2 Å². The molecule has 0 aliphatic heterocycles. The molecule has 4 rings (SSSR count). The summed E-state index contributed by atoms with van der Waals surface area (Å²) >= 11 is 0. The second-order valence-electron chi connectivity index (χ2n) is 5.27. The van der Waals surface area contributed by atoms with E-state index in [0.29, 0.717) is 11.8 Å². The average Bonchev–Trinajstić information content (AvgIpc) is 3.06. The average molecular weight is 252 g/mol. The lowest BCUT2D eigenvalue weighted by Crippen LogP contribution is -2.02. The summed E-state index contributed by atoms with van der Waals surface area (Å²) < 4.78 is 11.5. The van der Waals surface area contributed by atoms with Crippen LogP contribution >= 0.6 is 0 Å². The molecule has 0 radical (unpaired) electrons. The Morgan fingerprint density at radius 2 is 1.32 bits per heavy atom. The molecule has 0 saturated carbocycles. The second-order valence-corrected chi connectivity index (χ2v) is 5.27. The van der Waals surface area contributed by atoms with Gasteiger partial charge in [-0.15, -0.1) is 0 Å². The number of benzene rings is 2. The van der Waals surface area contributed by atoms with Gasteiger partial charge in [0.15, 0.2) is 0 Å². The number of hydrogen-bond donors (Lipinski definition) is 0. The molecule has 0 unspecified atom stereocenters. The van der Waals surface area contributed by atoms with E-state index in [-0.39, 0.29) is 0 Å². The first-order valence-corrected chi connectivity index (χ1v) is 6.70. The third kappa shape index (κ3) is 1.26. The fraction of sp³-hybridized carbons (Fsp3) is 0.294. The molecule has 2 nitrogen and oxygen atoms in total. The molecular weight excluding hydrogens is 236 g/mol. The van der Waals surface area contributed by atoms with Crippen LogP contribution in [0.4, 0.5) is 0 Å².